The van der Waals surface area contributed by atoms with Crippen LogP contribution in [-0.2, 0) is 4.74 Å². The number of ether oxygens (including phenoxy) is 1. The molecule has 7 heteroatoms. The molecular formula is C22H22F3NO3. The number of hydrogen-bond acceptors (Lipinski definition) is 3. The molecule has 0 aromatic heterocycles. The third-order valence-electron chi connectivity index (χ3n) is 6.00. The third-order valence-corrected chi connectivity index (χ3v) is 6.00. The summed E-state index contributed by atoms with van der Waals surface area (Å²) in [5.41, 5.74) is 1.25. The summed E-state index contributed by atoms with van der Waals surface area (Å²) in [4.78, 5) is 12.3. The van der Waals surface area contributed by atoms with Crippen LogP contribution in [0.2, 0.25) is 0 Å². The maximum atomic E-state index is 13.3. The number of carbonyl (C=O) groups is 1. The van der Waals surface area contributed by atoms with E-state index in [9.17, 15) is 23.1 Å². The van der Waals surface area contributed by atoms with E-state index >= 15 is 0 Å². The first-order chi connectivity index (χ1) is 13.8. The monoisotopic (exact) mass is 405 g/mol. The van der Waals surface area contributed by atoms with Gasteiger partial charge in [-0.15, -0.1) is 0 Å². The number of halogens is 3. The van der Waals surface area contributed by atoms with Crippen LogP contribution >= 0.6 is 0 Å². The predicted molar refractivity (Wildman–Crippen MR) is 101 cm³/mol. The van der Waals surface area contributed by atoms with Gasteiger partial charge in [-0.25, -0.2) is 4.79 Å². The highest BCUT2D eigenvalue weighted by molar-refractivity contribution is 5.79. The first kappa shape index (κ1) is 19.8. The average Bonchev–Trinajstić information content (AvgIpc) is 3.01. The van der Waals surface area contributed by atoms with Crippen LogP contribution in [0.3, 0.4) is 0 Å². The molecule has 0 aliphatic heterocycles. The van der Waals surface area contributed by atoms with E-state index in [2.05, 4.69) is 5.32 Å². The first-order valence-electron chi connectivity index (χ1n) is 9.72. The summed E-state index contributed by atoms with van der Waals surface area (Å²) in [5, 5.41) is 12.4. The Labute approximate surface area is 166 Å². The molecule has 2 aliphatic rings. The predicted octanol–water partition coefficient (Wildman–Crippen LogP) is 4.76. The van der Waals surface area contributed by atoms with Crippen molar-refractivity contribution in [1.29, 1.82) is 0 Å². The number of benzene rings is 2. The number of fused-ring (bicyclic) bond motifs is 3. The van der Waals surface area contributed by atoms with Gasteiger partial charge in [-0.05, 0) is 35.1 Å². The first-order valence-corrected chi connectivity index (χ1v) is 9.72. The van der Waals surface area contributed by atoms with Crippen molar-refractivity contribution in [2.24, 2.45) is 0 Å². The number of aliphatic hydroxyl groups is 1. The Hall–Kier alpha value is -2.54. The molecule has 1 amide bonds. The molecule has 154 valence electrons. The fourth-order valence-electron chi connectivity index (χ4n) is 4.47. The van der Waals surface area contributed by atoms with Crippen LogP contribution in [0, 0.1) is 0 Å². The number of carbonyl (C=O) groups excluding carboxylic acids is 1. The van der Waals surface area contributed by atoms with Crippen molar-refractivity contribution < 1.29 is 27.8 Å². The van der Waals surface area contributed by atoms with Crippen molar-refractivity contribution >= 4 is 6.09 Å². The standard InChI is InChI=1S/C22H22F3NO3/c23-22(24,25)21(28)12-6-5-11-19(21)26-20(27)29-13-18-16-9-3-1-7-14(16)15-8-2-4-10-17(15)18/h1-4,7-10,18-19,28H,5-6,11-13H2,(H,26,27). The van der Waals surface area contributed by atoms with E-state index < -0.39 is 30.3 Å². The van der Waals surface area contributed by atoms with E-state index in [4.69, 9.17) is 4.74 Å². The summed E-state index contributed by atoms with van der Waals surface area (Å²) in [6.07, 6.45) is -5.35. The molecule has 2 aromatic rings. The van der Waals surface area contributed by atoms with E-state index in [0.29, 0.717) is 6.42 Å². The van der Waals surface area contributed by atoms with Crippen LogP contribution in [0.4, 0.5) is 18.0 Å². The molecular weight excluding hydrogens is 383 g/mol. The molecule has 1 fully saturated rings. The summed E-state index contributed by atoms with van der Waals surface area (Å²) < 4.78 is 45.4. The van der Waals surface area contributed by atoms with Gasteiger partial charge in [0.05, 0.1) is 6.04 Å². The van der Waals surface area contributed by atoms with E-state index in [-0.39, 0.29) is 25.4 Å². The van der Waals surface area contributed by atoms with Crippen LogP contribution in [0.1, 0.15) is 42.7 Å². The molecule has 4 nitrogen and oxygen atoms in total. The van der Waals surface area contributed by atoms with Crippen LogP contribution in [0.15, 0.2) is 48.5 Å². The van der Waals surface area contributed by atoms with Crippen molar-refractivity contribution in [3.63, 3.8) is 0 Å². The van der Waals surface area contributed by atoms with Gasteiger partial charge in [-0.2, -0.15) is 13.2 Å². The van der Waals surface area contributed by atoms with Crippen molar-refractivity contribution in [3.05, 3.63) is 59.7 Å². The molecule has 0 spiro atoms. The van der Waals surface area contributed by atoms with Crippen LogP contribution in [0.5, 0.6) is 0 Å². The molecule has 0 heterocycles. The average molecular weight is 405 g/mol. The minimum absolute atomic E-state index is 0.0109. The second-order valence-corrected chi connectivity index (χ2v) is 7.69. The summed E-state index contributed by atoms with van der Waals surface area (Å²) in [6, 6.07) is 14.2. The molecule has 0 radical (unpaired) electrons. The van der Waals surface area contributed by atoms with Gasteiger partial charge in [0.1, 0.15) is 6.61 Å². The fourth-order valence-corrected chi connectivity index (χ4v) is 4.47. The number of nitrogens with one attached hydrogen (secondary N) is 1. The molecule has 1 saturated carbocycles. The SMILES string of the molecule is O=C(NC1CCCCC1(O)C(F)(F)F)OCC1c2ccccc2-c2ccccc21. The van der Waals surface area contributed by atoms with E-state index in [1.165, 1.54) is 0 Å². The van der Waals surface area contributed by atoms with Gasteiger partial charge < -0.3 is 15.2 Å². The summed E-state index contributed by atoms with van der Waals surface area (Å²) >= 11 is 0. The third kappa shape index (κ3) is 3.48. The summed E-state index contributed by atoms with van der Waals surface area (Å²) in [7, 11) is 0. The van der Waals surface area contributed by atoms with Gasteiger partial charge in [-0.1, -0.05) is 61.4 Å². The fraction of sp³-hybridized carbons (Fsp3) is 0.409. The van der Waals surface area contributed by atoms with Crippen molar-refractivity contribution in [1.82, 2.24) is 5.32 Å². The Bertz CT molecular complexity index is 869. The zero-order valence-electron chi connectivity index (χ0n) is 15.7. The number of alkyl carbamates (subject to hydrolysis) is 1. The molecule has 2 aliphatic carbocycles. The highest BCUT2D eigenvalue weighted by Gasteiger charge is 2.59. The lowest BCUT2D eigenvalue weighted by Crippen LogP contribution is -2.62. The second kappa shape index (κ2) is 7.37. The lowest BCUT2D eigenvalue weighted by atomic mass is 9.80. The molecule has 4 rings (SSSR count). The zero-order chi connectivity index (χ0) is 20.6. The van der Waals surface area contributed by atoms with Gasteiger partial charge in [0.25, 0.3) is 0 Å². The highest BCUT2D eigenvalue weighted by atomic mass is 19.4. The normalized spacial score (nSPS) is 23.9. The van der Waals surface area contributed by atoms with Crippen LogP contribution in [0.25, 0.3) is 11.1 Å². The van der Waals surface area contributed by atoms with Gasteiger partial charge >= 0.3 is 12.3 Å². The second-order valence-electron chi connectivity index (χ2n) is 7.69. The van der Waals surface area contributed by atoms with E-state index in [0.717, 1.165) is 22.3 Å². The maximum absolute atomic E-state index is 13.3. The lowest BCUT2D eigenvalue weighted by molar-refractivity contribution is -0.277. The largest absolute Gasteiger partial charge is 0.449 e. The molecule has 29 heavy (non-hydrogen) atoms. The quantitative estimate of drug-likeness (QED) is 0.774. The Kier molecular flexibility index (Phi) is 5.02. The zero-order valence-corrected chi connectivity index (χ0v) is 15.7. The molecule has 2 N–H and O–H groups in total. The molecule has 0 saturated heterocycles. The minimum Gasteiger partial charge on any atom is -0.449 e. The van der Waals surface area contributed by atoms with E-state index in [1.54, 1.807) is 0 Å². The Morgan fingerprint density at radius 3 is 2.24 bits per heavy atom. The Morgan fingerprint density at radius 2 is 1.66 bits per heavy atom. The maximum Gasteiger partial charge on any atom is 0.419 e. The minimum atomic E-state index is -4.81. The smallest absolute Gasteiger partial charge is 0.419 e. The highest BCUT2D eigenvalue weighted by Crippen LogP contribution is 2.45. The van der Waals surface area contributed by atoms with Gasteiger partial charge in [0, 0.05) is 5.92 Å². The number of rotatable bonds is 3. The summed E-state index contributed by atoms with van der Waals surface area (Å²) in [5.74, 6) is -0.180. The van der Waals surface area contributed by atoms with Gasteiger partial charge in [0.15, 0.2) is 5.60 Å². The Balaban J connectivity index is 1.46. The molecule has 2 unspecified atom stereocenters. The van der Waals surface area contributed by atoms with Crippen molar-refractivity contribution in [3.8, 4) is 11.1 Å². The Morgan fingerprint density at radius 1 is 1.07 bits per heavy atom. The number of alkyl halides is 3. The molecule has 0 bridgehead atoms. The van der Waals surface area contributed by atoms with Crippen LogP contribution in [-0.4, -0.2) is 35.6 Å². The van der Waals surface area contributed by atoms with Gasteiger partial charge in [-0.3, -0.25) is 0 Å². The number of amides is 1. The number of hydrogen-bond donors (Lipinski definition) is 2. The summed E-state index contributed by atoms with van der Waals surface area (Å²) in [6.45, 7) is 0.0109. The van der Waals surface area contributed by atoms with Crippen molar-refractivity contribution in [2.75, 3.05) is 6.61 Å². The van der Waals surface area contributed by atoms with Crippen molar-refractivity contribution in [2.45, 2.75) is 49.4 Å². The van der Waals surface area contributed by atoms with Crippen LogP contribution < -0.4 is 5.32 Å². The van der Waals surface area contributed by atoms with Gasteiger partial charge in [0.2, 0.25) is 0 Å². The molecule has 2 aromatic carbocycles. The van der Waals surface area contributed by atoms with E-state index in [1.807, 2.05) is 48.5 Å². The molecule has 2 atom stereocenters. The topological polar surface area (TPSA) is 58.6 Å². The lowest BCUT2D eigenvalue weighted by Gasteiger charge is -2.40.